The highest BCUT2D eigenvalue weighted by molar-refractivity contribution is 6.03. The van der Waals surface area contributed by atoms with Crippen molar-refractivity contribution < 1.29 is 24.3 Å². The van der Waals surface area contributed by atoms with Crippen molar-refractivity contribution in [3.8, 4) is 0 Å². The van der Waals surface area contributed by atoms with Crippen molar-refractivity contribution in [1.29, 1.82) is 0 Å². The number of hydrogen-bond acceptors (Lipinski definition) is 4. The van der Waals surface area contributed by atoms with Gasteiger partial charge in [-0.2, -0.15) is 0 Å². The number of carbonyl (C=O) groups is 4. The summed E-state index contributed by atoms with van der Waals surface area (Å²) in [5.41, 5.74) is 0. The van der Waals surface area contributed by atoms with E-state index in [9.17, 15) is 19.2 Å². The molecule has 1 fully saturated rings. The van der Waals surface area contributed by atoms with Crippen molar-refractivity contribution >= 4 is 23.8 Å². The maximum atomic E-state index is 11.8. The summed E-state index contributed by atoms with van der Waals surface area (Å²) < 4.78 is 0. The molecule has 20 heavy (non-hydrogen) atoms. The maximum absolute atomic E-state index is 11.8. The molecule has 3 N–H and O–H groups in total. The van der Waals surface area contributed by atoms with Gasteiger partial charge in [-0.05, 0) is 12.3 Å². The summed E-state index contributed by atoms with van der Waals surface area (Å²) in [6, 6.07) is -1.09. The van der Waals surface area contributed by atoms with Crippen LogP contribution < -0.4 is 10.6 Å². The Kier molecular flexibility index (Phi) is 5.48. The molecule has 4 amide bonds. The number of carboxylic acids is 1. The molecule has 0 aromatic heterocycles. The number of carbonyl (C=O) groups excluding carboxylic acids is 3. The number of imide groups is 1. The van der Waals surface area contributed by atoms with E-state index in [1.165, 1.54) is 0 Å². The number of aliphatic carboxylic acids is 1. The molecule has 0 aromatic carbocycles. The Morgan fingerprint density at radius 2 is 2.05 bits per heavy atom. The van der Waals surface area contributed by atoms with Gasteiger partial charge in [0.1, 0.15) is 13.1 Å². The average Bonchev–Trinajstić information content (AvgIpc) is 2.54. The standard InChI is InChI=1S/C12H19N3O5/c1-7(2)3-8(4-11(18)19)13-9(16)5-15-6-10(17)14-12(15)20/h7-8H,3-6H2,1-2H3,(H,13,16)(H,18,19)(H,14,17,20)/t8-/m1/s1. The molecule has 0 radical (unpaired) electrons. The van der Waals surface area contributed by atoms with Crippen molar-refractivity contribution in [1.82, 2.24) is 15.5 Å². The summed E-state index contributed by atoms with van der Waals surface area (Å²) >= 11 is 0. The predicted molar refractivity (Wildman–Crippen MR) is 68.8 cm³/mol. The second-order valence-corrected chi connectivity index (χ2v) is 5.20. The molecular weight excluding hydrogens is 266 g/mol. The molecule has 1 saturated heterocycles. The van der Waals surface area contributed by atoms with E-state index >= 15 is 0 Å². The third kappa shape index (κ3) is 5.25. The molecule has 0 aliphatic carbocycles. The Hall–Kier alpha value is -2.12. The normalized spacial score (nSPS) is 16.2. The molecular formula is C12H19N3O5. The highest BCUT2D eigenvalue weighted by Gasteiger charge is 2.29. The minimum Gasteiger partial charge on any atom is -0.481 e. The van der Waals surface area contributed by atoms with Gasteiger partial charge in [0.05, 0.1) is 6.42 Å². The van der Waals surface area contributed by atoms with Gasteiger partial charge in [0, 0.05) is 6.04 Å². The molecule has 1 aliphatic rings. The smallest absolute Gasteiger partial charge is 0.325 e. The molecule has 8 heteroatoms. The van der Waals surface area contributed by atoms with E-state index in [2.05, 4.69) is 10.6 Å². The van der Waals surface area contributed by atoms with E-state index in [0.29, 0.717) is 6.42 Å². The largest absolute Gasteiger partial charge is 0.481 e. The van der Waals surface area contributed by atoms with E-state index in [4.69, 9.17) is 5.11 Å². The van der Waals surface area contributed by atoms with Crippen LogP contribution in [0.3, 0.4) is 0 Å². The van der Waals surface area contributed by atoms with Crippen LogP contribution in [0, 0.1) is 5.92 Å². The zero-order chi connectivity index (χ0) is 15.3. The highest BCUT2D eigenvalue weighted by Crippen LogP contribution is 2.08. The summed E-state index contributed by atoms with van der Waals surface area (Å²) in [6.07, 6.45) is 0.359. The second kappa shape index (κ2) is 6.88. The first-order valence-corrected chi connectivity index (χ1v) is 6.37. The molecule has 1 heterocycles. The molecule has 0 saturated carbocycles. The van der Waals surface area contributed by atoms with Gasteiger partial charge >= 0.3 is 12.0 Å². The molecule has 0 aromatic rings. The minimum atomic E-state index is -0.995. The van der Waals surface area contributed by atoms with Crippen LogP contribution in [-0.4, -0.2) is 53.0 Å². The van der Waals surface area contributed by atoms with Gasteiger partial charge in [-0.25, -0.2) is 4.79 Å². The summed E-state index contributed by atoms with van der Waals surface area (Å²) in [5.74, 6) is -1.69. The van der Waals surface area contributed by atoms with Crippen LogP contribution in [0.5, 0.6) is 0 Å². The molecule has 1 atom stereocenters. The van der Waals surface area contributed by atoms with E-state index in [1.807, 2.05) is 13.8 Å². The molecule has 0 bridgehead atoms. The molecule has 0 spiro atoms. The van der Waals surface area contributed by atoms with Crippen molar-refractivity contribution in [3.05, 3.63) is 0 Å². The first kappa shape index (κ1) is 15.9. The van der Waals surface area contributed by atoms with Gasteiger partial charge < -0.3 is 15.3 Å². The Bertz CT molecular complexity index is 421. The first-order chi connectivity index (χ1) is 9.27. The van der Waals surface area contributed by atoms with Gasteiger partial charge in [-0.15, -0.1) is 0 Å². The molecule has 0 unspecified atom stereocenters. The summed E-state index contributed by atoms with van der Waals surface area (Å²) in [7, 11) is 0. The van der Waals surface area contributed by atoms with Crippen LogP contribution in [0.4, 0.5) is 4.79 Å². The van der Waals surface area contributed by atoms with E-state index in [-0.39, 0.29) is 25.4 Å². The average molecular weight is 285 g/mol. The number of nitrogens with zero attached hydrogens (tertiary/aromatic N) is 1. The predicted octanol–water partition coefficient (Wildman–Crippen LogP) is -0.456. The fourth-order valence-corrected chi connectivity index (χ4v) is 2.03. The Balaban J connectivity index is 2.50. The van der Waals surface area contributed by atoms with E-state index in [1.54, 1.807) is 0 Å². The van der Waals surface area contributed by atoms with Gasteiger partial charge in [0.15, 0.2) is 0 Å². The monoisotopic (exact) mass is 285 g/mol. The van der Waals surface area contributed by atoms with Crippen LogP contribution >= 0.6 is 0 Å². The molecule has 8 nitrogen and oxygen atoms in total. The zero-order valence-corrected chi connectivity index (χ0v) is 11.5. The fraction of sp³-hybridized carbons (Fsp3) is 0.667. The van der Waals surface area contributed by atoms with Crippen molar-refractivity contribution in [2.24, 2.45) is 5.92 Å². The third-order valence-corrected chi connectivity index (χ3v) is 2.74. The summed E-state index contributed by atoms with van der Waals surface area (Å²) in [4.78, 5) is 45.9. The lowest BCUT2D eigenvalue weighted by atomic mass is 10.0. The fourth-order valence-electron chi connectivity index (χ4n) is 2.03. The molecule has 112 valence electrons. The van der Waals surface area contributed by atoms with Crippen LogP contribution in [0.25, 0.3) is 0 Å². The number of nitrogens with one attached hydrogen (secondary N) is 2. The lowest BCUT2D eigenvalue weighted by molar-refractivity contribution is -0.137. The van der Waals surface area contributed by atoms with Crippen LogP contribution in [0.1, 0.15) is 26.7 Å². The topological polar surface area (TPSA) is 116 Å². The molecule has 1 aliphatic heterocycles. The van der Waals surface area contributed by atoms with Crippen molar-refractivity contribution in [2.45, 2.75) is 32.7 Å². The maximum Gasteiger partial charge on any atom is 0.325 e. The van der Waals surface area contributed by atoms with Gasteiger partial charge in [-0.3, -0.25) is 19.7 Å². The number of amides is 4. The van der Waals surface area contributed by atoms with E-state index in [0.717, 1.165) is 4.90 Å². The number of rotatable bonds is 7. The van der Waals surface area contributed by atoms with E-state index < -0.39 is 29.9 Å². The third-order valence-electron chi connectivity index (χ3n) is 2.74. The minimum absolute atomic E-state index is 0.153. The van der Waals surface area contributed by atoms with Gasteiger partial charge in [0.2, 0.25) is 11.8 Å². The van der Waals surface area contributed by atoms with Crippen LogP contribution in [0.2, 0.25) is 0 Å². The van der Waals surface area contributed by atoms with Crippen LogP contribution in [0.15, 0.2) is 0 Å². The SMILES string of the molecule is CC(C)C[C@H](CC(=O)O)NC(=O)CN1CC(=O)NC1=O. The number of hydrogen-bond donors (Lipinski definition) is 3. The Morgan fingerprint density at radius 3 is 2.50 bits per heavy atom. The lowest BCUT2D eigenvalue weighted by Crippen LogP contribution is -2.44. The van der Waals surface area contributed by atoms with Gasteiger partial charge in [0.25, 0.3) is 0 Å². The second-order valence-electron chi connectivity index (χ2n) is 5.20. The first-order valence-electron chi connectivity index (χ1n) is 6.37. The summed E-state index contributed by atoms with van der Waals surface area (Å²) in [5, 5.41) is 13.5. The Morgan fingerprint density at radius 1 is 1.40 bits per heavy atom. The molecule has 1 rings (SSSR count). The number of carboxylic acid groups (broad SMARTS) is 1. The summed E-state index contributed by atoms with van der Waals surface area (Å²) in [6.45, 7) is 3.44. The van der Waals surface area contributed by atoms with Crippen molar-refractivity contribution in [2.75, 3.05) is 13.1 Å². The van der Waals surface area contributed by atoms with Crippen molar-refractivity contribution in [3.63, 3.8) is 0 Å². The Labute approximate surface area is 116 Å². The van der Waals surface area contributed by atoms with Gasteiger partial charge in [-0.1, -0.05) is 13.8 Å². The zero-order valence-electron chi connectivity index (χ0n) is 11.5. The highest BCUT2D eigenvalue weighted by atomic mass is 16.4. The quantitative estimate of drug-likeness (QED) is 0.548. The number of urea groups is 1. The lowest BCUT2D eigenvalue weighted by Gasteiger charge is -2.20. The van der Waals surface area contributed by atoms with Crippen LogP contribution in [-0.2, 0) is 14.4 Å².